The molecule has 0 aliphatic heterocycles. The molecule has 0 spiro atoms. The molecule has 1 aliphatic rings. The van der Waals surface area contributed by atoms with Gasteiger partial charge in [-0.05, 0) is 18.4 Å². The maximum atomic E-state index is 11.1. The van der Waals surface area contributed by atoms with Crippen LogP contribution >= 0.6 is 0 Å². The molecule has 3 N–H and O–H groups in total. The second-order valence-electron chi connectivity index (χ2n) is 4.33. The monoisotopic (exact) mass is 252 g/mol. The van der Waals surface area contributed by atoms with E-state index in [4.69, 9.17) is 5.73 Å². The Morgan fingerprint density at radius 2 is 2.00 bits per heavy atom. The third-order valence-corrected chi connectivity index (χ3v) is 2.23. The molecule has 0 saturated carbocycles. The first kappa shape index (κ1) is 16.4. The van der Waals surface area contributed by atoms with Gasteiger partial charge in [0.25, 0.3) is 0 Å². The van der Waals surface area contributed by atoms with E-state index in [0.717, 1.165) is 18.4 Å². The van der Waals surface area contributed by atoms with Gasteiger partial charge in [-0.25, -0.2) is 0 Å². The Labute approximate surface area is 109 Å². The summed E-state index contributed by atoms with van der Waals surface area (Å²) >= 11 is 0. The summed E-state index contributed by atoms with van der Waals surface area (Å²) in [5, 5.41) is 2.54. The molecule has 0 aromatic carbocycles. The van der Waals surface area contributed by atoms with Crippen molar-refractivity contribution >= 4 is 11.8 Å². The molecule has 4 heteroatoms. The maximum absolute atomic E-state index is 11.1. The molecule has 0 aromatic rings. The van der Waals surface area contributed by atoms with Crippen LogP contribution in [0.3, 0.4) is 0 Å². The summed E-state index contributed by atoms with van der Waals surface area (Å²) in [4.78, 5) is 21.9. The fraction of sp³-hybridized carbons (Fsp3) is 0.571. The van der Waals surface area contributed by atoms with Crippen molar-refractivity contribution in [3.63, 3.8) is 0 Å². The molecule has 2 amide bonds. The highest BCUT2D eigenvalue weighted by atomic mass is 16.2. The summed E-state index contributed by atoms with van der Waals surface area (Å²) in [6.45, 7) is 5.63. The Bertz CT molecular complexity index is 333. The fourth-order valence-corrected chi connectivity index (χ4v) is 1.52. The number of rotatable bonds is 4. The first-order chi connectivity index (χ1) is 8.51. The summed E-state index contributed by atoms with van der Waals surface area (Å²) in [6, 6.07) is -0.600. The quantitative estimate of drug-likeness (QED) is 0.803. The van der Waals surface area contributed by atoms with Crippen LogP contribution in [0, 0.1) is 0 Å². The van der Waals surface area contributed by atoms with Crippen LogP contribution in [-0.4, -0.2) is 17.9 Å². The molecule has 1 rings (SSSR count). The van der Waals surface area contributed by atoms with Crippen LogP contribution in [0.5, 0.6) is 0 Å². The third kappa shape index (κ3) is 7.65. The summed E-state index contributed by atoms with van der Waals surface area (Å²) < 4.78 is 0. The highest BCUT2D eigenvalue weighted by Crippen LogP contribution is 2.14. The number of carbonyl (C=O) groups is 2. The van der Waals surface area contributed by atoms with E-state index in [1.807, 2.05) is 6.08 Å². The number of nitrogens with two attached hydrogens (primary N) is 1. The van der Waals surface area contributed by atoms with Gasteiger partial charge in [0.1, 0.15) is 6.04 Å². The molecule has 0 aromatic heterocycles. The molecule has 4 nitrogen and oxygen atoms in total. The predicted molar refractivity (Wildman–Crippen MR) is 73.8 cm³/mol. The molecular weight excluding hydrogens is 228 g/mol. The summed E-state index contributed by atoms with van der Waals surface area (Å²) in [6.07, 6.45) is 9.84. The van der Waals surface area contributed by atoms with Crippen molar-refractivity contribution in [3.8, 4) is 0 Å². The Balaban J connectivity index is 0.000000873. The zero-order chi connectivity index (χ0) is 14.0. The van der Waals surface area contributed by atoms with E-state index in [1.54, 1.807) is 0 Å². The van der Waals surface area contributed by atoms with E-state index in [-0.39, 0.29) is 5.91 Å². The molecule has 0 fully saturated rings. The van der Waals surface area contributed by atoms with Crippen LogP contribution in [0.4, 0.5) is 0 Å². The van der Waals surface area contributed by atoms with E-state index in [9.17, 15) is 9.59 Å². The van der Waals surface area contributed by atoms with Crippen molar-refractivity contribution in [2.24, 2.45) is 5.73 Å². The second-order valence-corrected chi connectivity index (χ2v) is 4.33. The lowest BCUT2D eigenvalue weighted by Crippen LogP contribution is -2.43. The number of primary amides is 1. The number of carbonyl (C=O) groups excluding carboxylic acids is 2. The summed E-state index contributed by atoms with van der Waals surface area (Å²) in [5.41, 5.74) is 6.25. The van der Waals surface area contributed by atoms with Crippen molar-refractivity contribution in [3.05, 3.63) is 23.8 Å². The predicted octanol–water partition coefficient (Wildman–Crippen LogP) is 2.06. The van der Waals surface area contributed by atoms with E-state index in [1.165, 1.54) is 13.3 Å². The highest BCUT2D eigenvalue weighted by Gasteiger charge is 2.17. The zero-order valence-electron chi connectivity index (χ0n) is 11.5. The lowest BCUT2D eigenvalue weighted by atomic mass is 10.00. The van der Waals surface area contributed by atoms with E-state index in [0.29, 0.717) is 6.42 Å². The van der Waals surface area contributed by atoms with Gasteiger partial charge in [-0.15, -0.1) is 0 Å². The maximum Gasteiger partial charge on any atom is 0.240 e. The van der Waals surface area contributed by atoms with Gasteiger partial charge in [0, 0.05) is 13.3 Å². The van der Waals surface area contributed by atoms with Gasteiger partial charge >= 0.3 is 0 Å². The average molecular weight is 252 g/mol. The van der Waals surface area contributed by atoms with Crippen molar-refractivity contribution in [1.29, 1.82) is 0 Å². The molecule has 1 aliphatic carbocycles. The molecule has 1 atom stereocenters. The first-order valence-corrected chi connectivity index (χ1v) is 6.43. The van der Waals surface area contributed by atoms with Crippen LogP contribution in [0.25, 0.3) is 0 Å². The average Bonchev–Trinajstić information content (AvgIpc) is 2.30. The Morgan fingerprint density at radius 3 is 2.39 bits per heavy atom. The van der Waals surface area contributed by atoms with Gasteiger partial charge in [-0.1, -0.05) is 38.5 Å². The Hall–Kier alpha value is -1.58. The zero-order valence-corrected chi connectivity index (χ0v) is 11.5. The second kappa shape index (κ2) is 9.45. The minimum atomic E-state index is -0.600. The molecule has 0 radical (unpaired) electrons. The highest BCUT2D eigenvalue weighted by molar-refractivity contribution is 5.85. The molecule has 0 unspecified atom stereocenters. The fourth-order valence-electron chi connectivity index (χ4n) is 1.52. The van der Waals surface area contributed by atoms with Crippen LogP contribution in [-0.2, 0) is 9.59 Å². The molecule has 102 valence electrons. The number of hydrogen-bond donors (Lipinski definition) is 2. The Kier molecular flexibility index (Phi) is 8.62. The van der Waals surface area contributed by atoms with E-state index in [2.05, 4.69) is 31.3 Å². The molecule has 18 heavy (non-hydrogen) atoms. The number of amides is 2. The number of hydrogen-bond acceptors (Lipinski definition) is 2. The van der Waals surface area contributed by atoms with Crippen LogP contribution in [0.15, 0.2) is 23.8 Å². The SMILES string of the molecule is CC(=O)N[C@@H](CC1=CCCC=C1)C(N)=O.CCC. The molecule has 0 saturated heterocycles. The van der Waals surface area contributed by atoms with Crippen molar-refractivity contribution in [1.82, 2.24) is 5.32 Å². The molecule has 0 heterocycles. The Morgan fingerprint density at radius 1 is 1.39 bits per heavy atom. The lowest BCUT2D eigenvalue weighted by molar-refractivity contribution is -0.126. The number of allylic oxidation sites excluding steroid dienone is 3. The molecule has 0 bridgehead atoms. The lowest BCUT2D eigenvalue weighted by Gasteiger charge is -2.16. The van der Waals surface area contributed by atoms with Gasteiger partial charge in [-0.2, -0.15) is 0 Å². The smallest absolute Gasteiger partial charge is 0.240 e. The normalized spacial score (nSPS) is 14.9. The standard InChI is InChI=1S/C11H16N2O2.C3H8/c1-8(14)13-10(11(12)15)7-9-5-3-2-4-6-9;1-3-2/h3,5-6,10H,2,4,7H2,1H3,(H2,12,15)(H,13,14);3H2,1-2H3/t10-;/m0./s1. The topological polar surface area (TPSA) is 72.2 Å². The molecular formula is C14H24N2O2. The largest absolute Gasteiger partial charge is 0.368 e. The van der Waals surface area contributed by atoms with E-state index < -0.39 is 11.9 Å². The third-order valence-electron chi connectivity index (χ3n) is 2.23. The van der Waals surface area contributed by atoms with Crippen molar-refractivity contribution in [2.45, 2.75) is 52.5 Å². The van der Waals surface area contributed by atoms with Crippen molar-refractivity contribution in [2.75, 3.05) is 0 Å². The van der Waals surface area contributed by atoms with Crippen molar-refractivity contribution < 1.29 is 9.59 Å². The van der Waals surface area contributed by atoms with Gasteiger partial charge in [0.15, 0.2) is 0 Å². The van der Waals surface area contributed by atoms with Gasteiger partial charge in [0.05, 0.1) is 0 Å². The van der Waals surface area contributed by atoms with Crippen LogP contribution < -0.4 is 11.1 Å². The van der Waals surface area contributed by atoms with Gasteiger partial charge in [0.2, 0.25) is 11.8 Å². The minimum absolute atomic E-state index is 0.237. The first-order valence-electron chi connectivity index (χ1n) is 6.43. The summed E-state index contributed by atoms with van der Waals surface area (Å²) in [5.74, 6) is -0.732. The van der Waals surface area contributed by atoms with Gasteiger partial charge in [-0.3, -0.25) is 9.59 Å². The van der Waals surface area contributed by atoms with Gasteiger partial charge < -0.3 is 11.1 Å². The number of nitrogens with one attached hydrogen (secondary N) is 1. The van der Waals surface area contributed by atoms with Crippen LogP contribution in [0.2, 0.25) is 0 Å². The van der Waals surface area contributed by atoms with Crippen LogP contribution in [0.1, 0.15) is 46.5 Å². The summed E-state index contributed by atoms with van der Waals surface area (Å²) in [7, 11) is 0. The minimum Gasteiger partial charge on any atom is -0.368 e. The van der Waals surface area contributed by atoms with E-state index >= 15 is 0 Å².